The van der Waals surface area contributed by atoms with Crippen molar-refractivity contribution in [1.29, 1.82) is 0 Å². The van der Waals surface area contributed by atoms with Gasteiger partial charge < -0.3 is 10.2 Å². The minimum absolute atomic E-state index is 0.192. The van der Waals surface area contributed by atoms with E-state index < -0.39 is 15.6 Å². The predicted molar refractivity (Wildman–Crippen MR) is 70.7 cm³/mol. The summed E-state index contributed by atoms with van der Waals surface area (Å²) in [6.07, 6.45) is 0.726. The van der Waals surface area contributed by atoms with Gasteiger partial charge in [-0.1, -0.05) is 6.92 Å². The van der Waals surface area contributed by atoms with Crippen LogP contribution in [-0.4, -0.2) is 25.3 Å². The molecule has 0 saturated carbocycles. The normalized spacial score (nSPS) is 13.3. The number of hydrogen-bond donors (Lipinski definition) is 1. The number of rotatable bonds is 5. The summed E-state index contributed by atoms with van der Waals surface area (Å²) in [5.41, 5.74) is 5.02. The van der Waals surface area contributed by atoms with Crippen LogP contribution in [0.4, 0.5) is 0 Å². The Morgan fingerprint density at radius 3 is 2.39 bits per heavy atom. The Balaban J connectivity index is 3.25. The molecule has 0 aliphatic rings. The van der Waals surface area contributed by atoms with Crippen LogP contribution >= 0.6 is 0 Å². The van der Waals surface area contributed by atoms with Gasteiger partial charge in [-0.3, -0.25) is 0 Å². The van der Waals surface area contributed by atoms with E-state index in [1.54, 1.807) is 14.0 Å². The molecule has 1 aromatic heterocycles. The van der Waals surface area contributed by atoms with Crippen molar-refractivity contribution in [3.63, 3.8) is 0 Å². The van der Waals surface area contributed by atoms with Gasteiger partial charge in [-0.2, -0.15) is 4.31 Å². The van der Waals surface area contributed by atoms with Crippen LogP contribution in [0.5, 0.6) is 0 Å². The Morgan fingerprint density at radius 1 is 1.44 bits per heavy atom. The van der Waals surface area contributed by atoms with Crippen LogP contribution in [0.25, 0.3) is 0 Å². The van der Waals surface area contributed by atoms with Gasteiger partial charge in [0.25, 0.3) is 0 Å². The Kier molecular flexibility index (Phi) is 4.25. The summed E-state index contributed by atoms with van der Waals surface area (Å²) in [6, 6.07) is 1.51. The summed E-state index contributed by atoms with van der Waals surface area (Å²) >= 11 is 0. The first-order chi connectivity index (χ1) is 8.16. The van der Waals surface area contributed by atoms with Crippen molar-refractivity contribution in [3.05, 3.63) is 17.6 Å². The summed E-state index contributed by atoms with van der Waals surface area (Å²) in [7, 11) is -1.95. The fourth-order valence-corrected chi connectivity index (χ4v) is 3.34. The van der Waals surface area contributed by atoms with Gasteiger partial charge in [-0.05, 0) is 27.2 Å². The minimum atomic E-state index is -3.54. The number of nitrogens with two attached hydrogens (primary N) is 1. The zero-order valence-electron chi connectivity index (χ0n) is 11.6. The molecule has 0 atom stereocenters. The van der Waals surface area contributed by atoms with E-state index in [9.17, 15) is 8.42 Å². The molecule has 6 heteroatoms. The molecule has 0 fully saturated rings. The Labute approximate surface area is 109 Å². The van der Waals surface area contributed by atoms with Crippen molar-refractivity contribution >= 4 is 10.0 Å². The molecule has 104 valence electrons. The SMILES string of the molecule is CCC(C)(C)N(C)S(=O)(=O)c1cc(CN)oc1C. The smallest absolute Gasteiger partial charge is 0.246 e. The lowest BCUT2D eigenvalue weighted by molar-refractivity contribution is 0.257. The molecule has 0 radical (unpaired) electrons. The predicted octanol–water partition coefficient (Wildman–Crippen LogP) is 1.86. The Hall–Kier alpha value is -0.850. The zero-order valence-corrected chi connectivity index (χ0v) is 12.5. The van der Waals surface area contributed by atoms with Crippen molar-refractivity contribution in [2.75, 3.05) is 7.05 Å². The topological polar surface area (TPSA) is 76.5 Å². The standard InChI is InChI=1S/C12H22N2O3S/c1-6-12(3,4)14(5)18(15,16)11-7-10(8-13)17-9(11)2/h7H,6,8,13H2,1-5H3. The number of aryl methyl sites for hydroxylation is 1. The van der Waals surface area contributed by atoms with Crippen molar-refractivity contribution in [1.82, 2.24) is 4.31 Å². The van der Waals surface area contributed by atoms with E-state index in [4.69, 9.17) is 10.2 Å². The quantitative estimate of drug-likeness (QED) is 0.889. The number of sulfonamides is 1. The number of nitrogens with zero attached hydrogens (tertiary/aromatic N) is 1. The lowest BCUT2D eigenvalue weighted by atomic mass is 10.0. The molecule has 0 bridgehead atoms. The first-order valence-electron chi connectivity index (χ1n) is 5.95. The van der Waals surface area contributed by atoms with Gasteiger partial charge in [0.15, 0.2) is 0 Å². The van der Waals surface area contributed by atoms with E-state index >= 15 is 0 Å². The van der Waals surface area contributed by atoms with E-state index in [1.807, 2.05) is 20.8 Å². The van der Waals surface area contributed by atoms with Gasteiger partial charge >= 0.3 is 0 Å². The second kappa shape index (κ2) is 5.03. The van der Waals surface area contributed by atoms with Crippen LogP contribution in [0.1, 0.15) is 38.7 Å². The lowest BCUT2D eigenvalue weighted by Crippen LogP contribution is -2.44. The molecule has 0 spiro atoms. The molecule has 1 aromatic rings. The average Bonchev–Trinajstić information content (AvgIpc) is 2.70. The molecule has 5 nitrogen and oxygen atoms in total. The summed E-state index contributed by atoms with van der Waals surface area (Å²) in [5.74, 6) is 0.864. The van der Waals surface area contributed by atoms with Crippen LogP contribution in [0.3, 0.4) is 0 Å². The van der Waals surface area contributed by atoms with Gasteiger partial charge in [0.2, 0.25) is 10.0 Å². The Morgan fingerprint density at radius 2 is 2.00 bits per heavy atom. The molecular weight excluding hydrogens is 252 g/mol. The van der Waals surface area contributed by atoms with Crippen molar-refractivity contribution in [2.24, 2.45) is 5.73 Å². The maximum absolute atomic E-state index is 12.5. The van der Waals surface area contributed by atoms with Gasteiger partial charge in [-0.15, -0.1) is 0 Å². The van der Waals surface area contributed by atoms with Crippen LogP contribution in [0.2, 0.25) is 0 Å². The van der Waals surface area contributed by atoms with Crippen LogP contribution in [0, 0.1) is 6.92 Å². The average molecular weight is 274 g/mol. The third kappa shape index (κ3) is 2.60. The van der Waals surface area contributed by atoms with Crippen LogP contribution in [-0.2, 0) is 16.6 Å². The second-order valence-electron chi connectivity index (χ2n) is 4.98. The Bertz CT molecular complexity index is 517. The van der Waals surface area contributed by atoms with E-state index in [1.165, 1.54) is 10.4 Å². The zero-order chi connectivity index (χ0) is 14.1. The summed E-state index contributed by atoms with van der Waals surface area (Å²) in [4.78, 5) is 0.201. The third-order valence-corrected chi connectivity index (χ3v) is 5.66. The van der Waals surface area contributed by atoms with Crippen molar-refractivity contribution < 1.29 is 12.8 Å². The highest BCUT2D eigenvalue weighted by Gasteiger charge is 2.34. The summed E-state index contributed by atoms with van der Waals surface area (Å²) in [6.45, 7) is 7.57. The number of hydrogen-bond acceptors (Lipinski definition) is 4. The van der Waals surface area contributed by atoms with E-state index in [0.717, 1.165) is 6.42 Å². The molecule has 0 aliphatic carbocycles. The lowest BCUT2D eigenvalue weighted by Gasteiger charge is -2.33. The molecule has 0 aromatic carbocycles. The molecule has 2 N–H and O–H groups in total. The van der Waals surface area contributed by atoms with Crippen LogP contribution < -0.4 is 5.73 Å². The maximum atomic E-state index is 12.5. The first-order valence-corrected chi connectivity index (χ1v) is 7.39. The van der Waals surface area contributed by atoms with Crippen molar-refractivity contribution in [3.8, 4) is 0 Å². The highest BCUT2D eigenvalue weighted by molar-refractivity contribution is 7.89. The number of furan rings is 1. The van der Waals surface area contributed by atoms with Crippen LogP contribution in [0.15, 0.2) is 15.4 Å². The maximum Gasteiger partial charge on any atom is 0.246 e. The fourth-order valence-electron chi connectivity index (χ4n) is 1.58. The second-order valence-corrected chi connectivity index (χ2v) is 6.91. The van der Waals surface area contributed by atoms with Gasteiger partial charge in [0.05, 0.1) is 6.54 Å². The van der Waals surface area contributed by atoms with Gasteiger partial charge in [0.1, 0.15) is 16.4 Å². The van der Waals surface area contributed by atoms with E-state index in [0.29, 0.717) is 11.5 Å². The molecule has 0 saturated heterocycles. The van der Waals surface area contributed by atoms with E-state index in [2.05, 4.69) is 0 Å². The first kappa shape index (κ1) is 15.2. The molecule has 0 amide bonds. The molecule has 18 heavy (non-hydrogen) atoms. The van der Waals surface area contributed by atoms with Crippen molar-refractivity contribution in [2.45, 2.75) is 51.1 Å². The molecule has 1 heterocycles. The largest absolute Gasteiger partial charge is 0.464 e. The fraction of sp³-hybridized carbons (Fsp3) is 0.667. The van der Waals surface area contributed by atoms with E-state index in [-0.39, 0.29) is 11.4 Å². The molecule has 0 aliphatic heterocycles. The minimum Gasteiger partial charge on any atom is -0.464 e. The third-order valence-electron chi connectivity index (χ3n) is 3.48. The highest BCUT2D eigenvalue weighted by Crippen LogP contribution is 2.28. The van der Waals surface area contributed by atoms with Gasteiger partial charge in [-0.25, -0.2) is 8.42 Å². The highest BCUT2D eigenvalue weighted by atomic mass is 32.2. The summed E-state index contributed by atoms with van der Waals surface area (Å²) in [5, 5.41) is 0. The molecular formula is C12H22N2O3S. The summed E-state index contributed by atoms with van der Waals surface area (Å²) < 4.78 is 31.7. The van der Waals surface area contributed by atoms with Gasteiger partial charge in [0, 0.05) is 18.7 Å². The molecule has 1 rings (SSSR count). The molecule has 0 unspecified atom stereocenters. The monoisotopic (exact) mass is 274 g/mol.